The van der Waals surface area contributed by atoms with Gasteiger partial charge in [0.1, 0.15) is 0 Å². The Balaban J connectivity index is 3.20. The van der Waals surface area contributed by atoms with Crippen LogP contribution in [0, 0.1) is 0 Å². The molecule has 0 spiro atoms. The van der Waals surface area contributed by atoms with E-state index in [0.29, 0.717) is 13.0 Å². The molecule has 0 aliphatic carbocycles. The van der Waals surface area contributed by atoms with Crippen molar-refractivity contribution < 1.29 is 9.53 Å². The molecular formula is C38H72O2. The third kappa shape index (κ3) is 35.0. The number of esters is 1. The summed E-state index contributed by atoms with van der Waals surface area (Å²) in [7, 11) is 0. The minimum absolute atomic E-state index is 0.0132. The highest BCUT2D eigenvalue weighted by atomic mass is 16.5. The molecule has 0 N–H and O–H groups in total. The van der Waals surface area contributed by atoms with E-state index in [9.17, 15) is 4.79 Å². The van der Waals surface area contributed by atoms with Crippen molar-refractivity contribution in [3.05, 3.63) is 24.3 Å². The number of carbonyl (C=O) groups is 1. The Kier molecular flexibility index (Phi) is 35.0. The standard InChI is InChI=1S/C38H72O2/c1-3-5-7-9-11-13-15-17-18-19-20-21-22-23-25-27-29-31-33-35-37-40-38(39)36-34-32-30-28-26-24-16-14-12-10-8-6-4-2/h14,16-18H,3-13,15,19-37H2,1-2H3. The van der Waals surface area contributed by atoms with Crippen molar-refractivity contribution in [1.29, 1.82) is 0 Å². The van der Waals surface area contributed by atoms with E-state index in [0.717, 1.165) is 19.3 Å². The second kappa shape index (κ2) is 36.0. The van der Waals surface area contributed by atoms with E-state index in [1.807, 2.05) is 0 Å². The summed E-state index contributed by atoms with van der Waals surface area (Å²) < 4.78 is 5.43. The molecule has 40 heavy (non-hydrogen) atoms. The molecule has 0 aromatic rings. The van der Waals surface area contributed by atoms with Gasteiger partial charge in [-0.2, -0.15) is 0 Å². The summed E-state index contributed by atoms with van der Waals surface area (Å²) in [6.45, 7) is 5.17. The van der Waals surface area contributed by atoms with E-state index >= 15 is 0 Å². The van der Waals surface area contributed by atoms with Crippen LogP contribution >= 0.6 is 0 Å². The molecule has 0 saturated heterocycles. The molecule has 2 heteroatoms. The van der Waals surface area contributed by atoms with Crippen LogP contribution in [0.1, 0.15) is 206 Å². The van der Waals surface area contributed by atoms with Crippen LogP contribution in [0.15, 0.2) is 24.3 Å². The van der Waals surface area contributed by atoms with Crippen LogP contribution in [0.2, 0.25) is 0 Å². The van der Waals surface area contributed by atoms with Crippen molar-refractivity contribution in [2.24, 2.45) is 0 Å². The number of rotatable bonds is 33. The van der Waals surface area contributed by atoms with Gasteiger partial charge in [0.2, 0.25) is 0 Å². The molecule has 0 fully saturated rings. The van der Waals surface area contributed by atoms with Crippen molar-refractivity contribution in [3.63, 3.8) is 0 Å². The fraction of sp³-hybridized carbons (Fsp3) is 0.868. The van der Waals surface area contributed by atoms with Crippen molar-refractivity contribution in [2.75, 3.05) is 6.61 Å². The molecule has 0 atom stereocenters. The normalized spacial score (nSPS) is 11.8. The number of allylic oxidation sites excluding steroid dienone is 4. The summed E-state index contributed by atoms with van der Waals surface area (Å²) in [5.74, 6) is 0.0132. The lowest BCUT2D eigenvalue weighted by molar-refractivity contribution is -0.143. The minimum atomic E-state index is 0.0132. The van der Waals surface area contributed by atoms with Gasteiger partial charge in [0, 0.05) is 6.42 Å². The summed E-state index contributed by atoms with van der Waals surface area (Å²) in [5.41, 5.74) is 0. The average molecular weight is 561 g/mol. The molecule has 0 aliphatic rings. The highest BCUT2D eigenvalue weighted by Gasteiger charge is 2.02. The Morgan fingerprint density at radius 1 is 0.400 bits per heavy atom. The zero-order chi connectivity index (χ0) is 29.0. The van der Waals surface area contributed by atoms with Gasteiger partial charge in [0.05, 0.1) is 6.61 Å². The van der Waals surface area contributed by atoms with Gasteiger partial charge < -0.3 is 4.74 Å². The van der Waals surface area contributed by atoms with Crippen LogP contribution in [-0.2, 0) is 9.53 Å². The lowest BCUT2D eigenvalue weighted by Crippen LogP contribution is -2.05. The first-order valence-electron chi connectivity index (χ1n) is 18.3. The molecule has 0 heterocycles. The summed E-state index contributed by atoms with van der Waals surface area (Å²) in [6, 6.07) is 0. The van der Waals surface area contributed by atoms with Crippen LogP contribution < -0.4 is 0 Å². The Bertz CT molecular complexity index is 536. The van der Waals surface area contributed by atoms with Crippen molar-refractivity contribution in [2.45, 2.75) is 206 Å². The van der Waals surface area contributed by atoms with Crippen LogP contribution in [0.4, 0.5) is 0 Å². The minimum Gasteiger partial charge on any atom is -0.466 e. The monoisotopic (exact) mass is 561 g/mol. The predicted octanol–water partition coefficient (Wildman–Crippen LogP) is 13.4. The first-order valence-corrected chi connectivity index (χ1v) is 18.3. The van der Waals surface area contributed by atoms with Gasteiger partial charge in [-0.25, -0.2) is 0 Å². The van der Waals surface area contributed by atoms with Gasteiger partial charge in [-0.3, -0.25) is 4.79 Å². The third-order valence-corrected chi connectivity index (χ3v) is 8.06. The topological polar surface area (TPSA) is 26.3 Å². The maximum atomic E-state index is 11.9. The van der Waals surface area contributed by atoms with Gasteiger partial charge in [-0.15, -0.1) is 0 Å². The molecule has 0 aliphatic heterocycles. The molecule has 0 saturated carbocycles. The molecule has 0 aromatic carbocycles. The lowest BCUT2D eigenvalue weighted by Gasteiger charge is -2.05. The summed E-state index contributed by atoms with van der Waals surface area (Å²) in [4.78, 5) is 11.9. The Labute approximate surface area is 252 Å². The molecule has 0 bridgehead atoms. The molecule has 0 aromatic heterocycles. The highest BCUT2D eigenvalue weighted by molar-refractivity contribution is 5.69. The number of hydrogen-bond donors (Lipinski definition) is 0. The molecule has 0 unspecified atom stereocenters. The maximum absolute atomic E-state index is 11.9. The summed E-state index contributed by atoms with van der Waals surface area (Å²) >= 11 is 0. The Morgan fingerprint density at radius 2 is 0.700 bits per heavy atom. The van der Waals surface area contributed by atoms with Gasteiger partial charge in [0.15, 0.2) is 0 Å². The van der Waals surface area contributed by atoms with E-state index in [-0.39, 0.29) is 5.97 Å². The second-order valence-corrected chi connectivity index (χ2v) is 12.2. The lowest BCUT2D eigenvalue weighted by atomic mass is 10.1. The maximum Gasteiger partial charge on any atom is 0.305 e. The Hall–Kier alpha value is -1.05. The third-order valence-electron chi connectivity index (χ3n) is 8.06. The van der Waals surface area contributed by atoms with Gasteiger partial charge in [0.25, 0.3) is 0 Å². The highest BCUT2D eigenvalue weighted by Crippen LogP contribution is 2.13. The summed E-state index contributed by atoms with van der Waals surface area (Å²) in [5, 5.41) is 0. The number of unbranched alkanes of at least 4 members (excludes halogenated alkanes) is 25. The number of carbonyl (C=O) groups excluding carboxylic acids is 1. The van der Waals surface area contributed by atoms with Crippen LogP contribution in [0.25, 0.3) is 0 Å². The number of hydrogen-bond acceptors (Lipinski definition) is 2. The largest absolute Gasteiger partial charge is 0.466 e. The first-order chi connectivity index (χ1) is 19.8. The van der Waals surface area contributed by atoms with Crippen molar-refractivity contribution >= 4 is 5.97 Å². The molecule has 0 radical (unpaired) electrons. The molecule has 236 valence electrons. The molecule has 0 amide bonds. The van der Waals surface area contributed by atoms with Crippen LogP contribution in [0.5, 0.6) is 0 Å². The Morgan fingerprint density at radius 3 is 1.10 bits per heavy atom. The molecule has 0 rings (SSSR count). The molecule has 2 nitrogen and oxygen atoms in total. The van der Waals surface area contributed by atoms with E-state index in [1.54, 1.807) is 0 Å². The van der Waals surface area contributed by atoms with Gasteiger partial charge >= 0.3 is 5.97 Å². The smallest absolute Gasteiger partial charge is 0.305 e. The zero-order valence-electron chi connectivity index (χ0n) is 27.5. The first kappa shape index (κ1) is 39.0. The SMILES string of the molecule is CCCCCCC=CCCCCCCCC(=O)OCCCCCCCCCCCCC=CCCCCCCCC. The van der Waals surface area contributed by atoms with Gasteiger partial charge in [-0.05, 0) is 64.2 Å². The summed E-state index contributed by atoms with van der Waals surface area (Å²) in [6.07, 6.45) is 48.1. The van der Waals surface area contributed by atoms with E-state index < -0.39 is 0 Å². The van der Waals surface area contributed by atoms with E-state index in [1.165, 1.54) is 167 Å². The van der Waals surface area contributed by atoms with Crippen LogP contribution in [0.3, 0.4) is 0 Å². The predicted molar refractivity (Wildman–Crippen MR) is 179 cm³/mol. The molecular weight excluding hydrogens is 488 g/mol. The quantitative estimate of drug-likeness (QED) is 0.0453. The van der Waals surface area contributed by atoms with Crippen LogP contribution in [-0.4, -0.2) is 12.6 Å². The van der Waals surface area contributed by atoms with Gasteiger partial charge in [-0.1, -0.05) is 160 Å². The number of ether oxygens (including phenoxy) is 1. The average Bonchev–Trinajstić information content (AvgIpc) is 2.96. The van der Waals surface area contributed by atoms with Crippen molar-refractivity contribution in [1.82, 2.24) is 0 Å². The second-order valence-electron chi connectivity index (χ2n) is 12.2. The van der Waals surface area contributed by atoms with E-state index in [2.05, 4.69) is 38.2 Å². The fourth-order valence-electron chi connectivity index (χ4n) is 5.30. The zero-order valence-corrected chi connectivity index (χ0v) is 27.5. The van der Waals surface area contributed by atoms with Crippen molar-refractivity contribution in [3.8, 4) is 0 Å². The fourth-order valence-corrected chi connectivity index (χ4v) is 5.30. The van der Waals surface area contributed by atoms with E-state index in [4.69, 9.17) is 4.74 Å².